The summed E-state index contributed by atoms with van der Waals surface area (Å²) < 4.78 is 5.23. The fraction of sp³-hybridized carbons (Fsp3) is 0.333. The molecule has 1 aliphatic rings. The van der Waals surface area contributed by atoms with Gasteiger partial charge < -0.3 is 4.74 Å². The maximum Gasteiger partial charge on any atom is 0.253 e. The predicted octanol–water partition coefficient (Wildman–Crippen LogP) is 4.02. The normalized spacial score (nSPS) is 14.5. The summed E-state index contributed by atoms with van der Waals surface area (Å²) in [7, 11) is 0. The molecule has 0 unspecified atom stereocenters. The number of aromatic nitrogens is 1. The van der Waals surface area contributed by atoms with Crippen molar-refractivity contribution < 1.29 is 9.53 Å². The molecule has 0 fully saturated rings. The van der Waals surface area contributed by atoms with Crippen LogP contribution in [0, 0.1) is 20.8 Å². The highest BCUT2D eigenvalue weighted by atomic mass is 32.1. The first-order valence-corrected chi connectivity index (χ1v) is 8.54. The maximum atomic E-state index is 12.2. The molecule has 1 aromatic heterocycles. The molecule has 120 valence electrons. The third-order valence-corrected chi connectivity index (χ3v) is 4.85. The number of aryl methyl sites for hydroxylation is 3. The Morgan fingerprint density at radius 3 is 2.74 bits per heavy atom. The third-order valence-electron chi connectivity index (χ3n) is 4.10. The molecule has 0 saturated carbocycles. The van der Waals surface area contributed by atoms with Crippen molar-refractivity contribution in [3.8, 4) is 11.3 Å². The Balaban J connectivity index is 1.79. The molecule has 5 heteroatoms. The van der Waals surface area contributed by atoms with E-state index in [0.717, 1.165) is 16.8 Å². The van der Waals surface area contributed by atoms with Crippen LogP contribution in [0.1, 0.15) is 23.1 Å². The van der Waals surface area contributed by atoms with E-state index >= 15 is 0 Å². The average molecular weight is 328 g/mol. The molecule has 1 aromatic carbocycles. The van der Waals surface area contributed by atoms with E-state index in [-0.39, 0.29) is 5.91 Å². The minimum Gasteiger partial charge on any atom is -0.377 e. The molecule has 1 N–H and O–H groups in total. The van der Waals surface area contributed by atoms with Gasteiger partial charge in [-0.1, -0.05) is 12.1 Å². The van der Waals surface area contributed by atoms with E-state index in [9.17, 15) is 4.79 Å². The Morgan fingerprint density at radius 2 is 2.00 bits per heavy atom. The summed E-state index contributed by atoms with van der Waals surface area (Å²) in [6.07, 6.45) is 2.49. The zero-order valence-electron chi connectivity index (χ0n) is 13.6. The first-order valence-electron chi connectivity index (χ1n) is 7.66. The smallest absolute Gasteiger partial charge is 0.253 e. The molecule has 23 heavy (non-hydrogen) atoms. The Morgan fingerprint density at radius 1 is 1.22 bits per heavy atom. The molecule has 2 heterocycles. The summed E-state index contributed by atoms with van der Waals surface area (Å²) in [5.74, 6) is -0.0778. The number of amides is 1. The summed E-state index contributed by atoms with van der Waals surface area (Å²) in [6, 6.07) is 4.33. The quantitative estimate of drug-likeness (QED) is 0.926. The molecule has 4 nitrogen and oxygen atoms in total. The molecule has 0 saturated heterocycles. The van der Waals surface area contributed by atoms with Gasteiger partial charge in [-0.05, 0) is 43.5 Å². The highest BCUT2D eigenvalue weighted by molar-refractivity contribution is 7.14. The van der Waals surface area contributed by atoms with Crippen LogP contribution in [0.5, 0.6) is 0 Å². The van der Waals surface area contributed by atoms with E-state index in [1.54, 1.807) is 0 Å². The van der Waals surface area contributed by atoms with Crippen LogP contribution in [0.4, 0.5) is 5.13 Å². The Kier molecular flexibility index (Phi) is 4.59. The zero-order chi connectivity index (χ0) is 16.4. The van der Waals surface area contributed by atoms with E-state index in [1.807, 2.05) is 11.5 Å². The van der Waals surface area contributed by atoms with Gasteiger partial charge in [0, 0.05) is 22.9 Å². The van der Waals surface area contributed by atoms with Crippen molar-refractivity contribution in [3.05, 3.63) is 45.9 Å². The van der Waals surface area contributed by atoms with Gasteiger partial charge in [0.05, 0.1) is 18.9 Å². The van der Waals surface area contributed by atoms with Crippen molar-refractivity contribution in [2.24, 2.45) is 0 Å². The van der Waals surface area contributed by atoms with E-state index in [4.69, 9.17) is 4.74 Å². The highest BCUT2D eigenvalue weighted by Crippen LogP contribution is 2.29. The van der Waals surface area contributed by atoms with Crippen LogP contribution in [0.3, 0.4) is 0 Å². The lowest BCUT2D eigenvalue weighted by Crippen LogP contribution is -2.18. The highest BCUT2D eigenvalue weighted by Gasteiger charge is 2.15. The van der Waals surface area contributed by atoms with E-state index in [0.29, 0.717) is 24.8 Å². The molecule has 3 rings (SSSR count). The second-order valence-electron chi connectivity index (χ2n) is 5.80. The minimum atomic E-state index is -0.0778. The van der Waals surface area contributed by atoms with Crippen molar-refractivity contribution in [2.75, 3.05) is 18.5 Å². The van der Waals surface area contributed by atoms with Gasteiger partial charge in [0.2, 0.25) is 0 Å². The first-order chi connectivity index (χ1) is 11.0. The van der Waals surface area contributed by atoms with E-state index < -0.39 is 0 Å². The summed E-state index contributed by atoms with van der Waals surface area (Å²) in [6.45, 7) is 7.41. The Bertz CT molecular complexity index is 777. The fourth-order valence-electron chi connectivity index (χ4n) is 2.60. The van der Waals surface area contributed by atoms with Crippen LogP contribution in [0.25, 0.3) is 11.3 Å². The lowest BCUT2D eigenvalue weighted by molar-refractivity contribution is -0.113. The van der Waals surface area contributed by atoms with Crippen molar-refractivity contribution >= 4 is 22.4 Å². The van der Waals surface area contributed by atoms with Gasteiger partial charge >= 0.3 is 0 Å². The number of nitrogens with one attached hydrogen (secondary N) is 1. The molecule has 0 radical (unpaired) electrons. The molecule has 1 aliphatic heterocycles. The van der Waals surface area contributed by atoms with Crippen LogP contribution in [-0.2, 0) is 9.53 Å². The lowest BCUT2D eigenvalue weighted by Gasteiger charge is -2.12. The van der Waals surface area contributed by atoms with Gasteiger partial charge in [-0.2, -0.15) is 0 Å². The maximum absolute atomic E-state index is 12.2. The standard InChI is InChI=1S/C18H20N2O2S/c1-11-8-13(3)15(9-12(11)2)16-10-23-18(19-16)20-17(21)14-4-6-22-7-5-14/h4,8-10H,5-7H2,1-3H3,(H,19,20,21). The second-order valence-corrected chi connectivity index (χ2v) is 6.66. The number of rotatable bonds is 3. The number of anilines is 1. The minimum absolute atomic E-state index is 0.0778. The van der Waals surface area contributed by atoms with Crippen LogP contribution < -0.4 is 5.32 Å². The van der Waals surface area contributed by atoms with Crippen molar-refractivity contribution in [1.82, 2.24) is 4.98 Å². The predicted molar refractivity (Wildman–Crippen MR) is 93.9 cm³/mol. The monoisotopic (exact) mass is 328 g/mol. The second kappa shape index (κ2) is 6.64. The fourth-order valence-corrected chi connectivity index (χ4v) is 3.31. The summed E-state index contributed by atoms with van der Waals surface area (Å²) in [4.78, 5) is 16.8. The van der Waals surface area contributed by atoms with Crippen LogP contribution in [0.2, 0.25) is 0 Å². The molecular formula is C18H20N2O2S. The first kappa shape index (κ1) is 15.9. The Hall–Kier alpha value is -1.98. The SMILES string of the molecule is Cc1cc(C)c(-c2csc(NC(=O)C3=CCOCC3)n2)cc1C. The molecule has 0 aliphatic carbocycles. The molecular weight excluding hydrogens is 308 g/mol. The summed E-state index contributed by atoms with van der Waals surface area (Å²) in [5.41, 5.74) is 6.53. The van der Waals surface area contributed by atoms with E-state index in [2.05, 4.69) is 43.2 Å². The van der Waals surface area contributed by atoms with Crippen molar-refractivity contribution in [2.45, 2.75) is 27.2 Å². The number of benzene rings is 1. The van der Waals surface area contributed by atoms with Crippen molar-refractivity contribution in [3.63, 3.8) is 0 Å². The van der Waals surface area contributed by atoms with Gasteiger partial charge in [-0.3, -0.25) is 10.1 Å². The van der Waals surface area contributed by atoms with E-state index in [1.165, 1.54) is 28.0 Å². The molecule has 0 atom stereocenters. The van der Waals surface area contributed by atoms with Crippen LogP contribution >= 0.6 is 11.3 Å². The summed E-state index contributed by atoms with van der Waals surface area (Å²) >= 11 is 1.45. The lowest BCUT2D eigenvalue weighted by atomic mass is 9.99. The van der Waals surface area contributed by atoms with Gasteiger partial charge in [0.15, 0.2) is 5.13 Å². The van der Waals surface area contributed by atoms with Gasteiger partial charge in [0.25, 0.3) is 5.91 Å². The molecule has 0 spiro atoms. The number of carbonyl (C=O) groups excluding carboxylic acids is 1. The number of ether oxygens (including phenoxy) is 1. The van der Waals surface area contributed by atoms with Gasteiger partial charge in [-0.25, -0.2) is 4.98 Å². The molecule has 0 bridgehead atoms. The number of thiazole rings is 1. The van der Waals surface area contributed by atoms with Crippen LogP contribution in [-0.4, -0.2) is 24.1 Å². The zero-order valence-corrected chi connectivity index (χ0v) is 14.4. The Labute approximate surface area is 140 Å². The van der Waals surface area contributed by atoms with Gasteiger partial charge in [-0.15, -0.1) is 11.3 Å². The largest absolute Gasteiger partial charge is 0.377 e. The molecule has 2 aromatic rings. The summed E-state index contributed by atoms with van der Waals surface area (Å²) in [5, 5.41) is 5.52. The average Bonchev–Trinajstić information content (AvgIpc) is 3.00. The van der Waals surface area contributed by atoms with Crippen LogP contribution in [0.15, 0.2) is 29.2 Å². The van der Waals surface area contributed by atoms with Gasteiger partial charge in [0.1, 0.15) is 0 Å². The third kappa shape index (κ3) is 3.51. The molecule has 1 amide bonds. The van der Waals surface area contributed by atoms with Crippen molar-refractivity contribution in [1.29, 1.82) is 0 Å². The topological polar surface area (TPSA) is 51.2 Å². The number of nitrogens with zero attached hydrogens (tertiary/aromatic N) is 1. The number of hydrogen-bond donors (Lipinski definition) is 1. The number of hydrogen-bond acceptors (Lipinski definition) is 4. The number of carbonyl (C=O) groups is 1.